The number of tetrazole rings is 1. The zero-order valence-electron chi connectivity index (χ0n) is 9.87. The van der Waals surface area contributed by atoms with Crippen LogP contribution in [0.4, 0.5) is 5.69 Å². The van der Waals surface area contributed by atoms with Crippen LogP contribution >= 0.6 is 23.4 Å². The van der Waals surface area contributed by atoms with Crippen molar-refractivity contribution in [3.63, 3.8) is 0 Å². The van der Waals surface area contributed by atoms with Crippen LogP contribution in [0.1, 0.15) is 0 Å². The van der Waals surface area contributed by atoms with Crippen molar-refractivity contribution in [3.05, 3.63) is 23.2 Å². The van der Waals surface area contributed by atoms with Gasteiger partial charge in [0.25, 0.3) is 0 Å². The van der Waals surface area contributed by atoms with Gasteiger partial charge in [-0.3, -0.25) is 4.79 Å². The number of carbonyl (C=O) groups excluding carboxylic acids is 1. The number of nitrogens with zero attached hydrogens (tertiary/aromatic N) is 4. The van der Waals surface area contributed by atoms with Crippen molar-refractivity contribution in [2.45, 2.75) is 5.16 Å². The molecule has 2 aromatic rings. The highest BCUT2D eigenvalue weighted by atomic mass is 35.5. The van der Waals surface area contributed by atoms with Crippen molar-refractivity contribution >= 4 is 35.0 Å². The van der Waals surface area contributed by atoms with E-state index in [2.05, 4.69) is 20.8 Å². The van der Waals surface area contributed by atoms with Gasteiger partial charge in [0.1, 0.15) is 5.75 Å². The molecule has 0 radical (unpaired) electrons. The highest BCUT2D eigenvalue weighted by Crippen LogP contribution is 2.26. The minimum absolute atomic E-state index is 0.0388. The Morgan fingerprint density at radius 3 is 3.05 bits per heavy atom. The number of aromatic nitrogens is 4. The predicted octanol–water partition coefficient (Wildman–Crippen LogP) is 1.30. The van der Waals surface area contributed by atoms with Crippen molar-refractivity contribution in [2.75, 3.05) is 11.1 Å². The van der Waals surface area contributed by atoms with E-state index >= 15 is 0 Å². The van der Waals surface area contributed by atoms with E-state index in [0.29, 0.717) is 10.2 Å². The molecule has 0 unspecified atom stereocenters. The normalized spacial score (nSPS) is 10.4. The molecule has 2 rings (SSSR count). The lowest BCUT2D eigenvalue weighted by Crippen LogP contribution is -2.14. The number of carbonyl (C=O) groups is 1. The Labute approximate surface area is 117 Å². The molecular weight excluding hydrogens is 290 g/mol. The fourth-order valence-electron chi connectivity index (χ4n) is 1.27. The molecule has 2 N–H and O–H groups in total. The van der Waals surface area contributed by atoms with Crippen molar-refractivity contribution in [3.8, 4) is 5.75 Å². The molecule has 1 amide bonds. The molecular formula is C10H10ClN5O2S. The fourth-order valence-corrected chi connectivity index (χ4v) is 2.09. The number of amides is 1. The quantitative estimate of drug-likeness (QED) is 0.653. The number of phenolic OH excluding ortho intramolecular Hbond substituents is 1. The molecule has 1 heterocycles. The average Bonchev–Trinajstić information content (AvgIpc) is 2.77. The van der Waals surface area contributed by atoms with Gasteiger partial charge in [-0.15, -0.1) is 5.10 Å². The van der Waals surface area contributed by atoms with E-state index in [1.807, 2.05) is 0 Å². The van der Waals surface area contributed by atoms with E-state index in [1.54, 1.807) is 7.05 Å². The third kappa shape index (κ3) is 3.58. The summed E-state index contributed by atoms with van der Waals surface area (Å²) in [5.74, 6) is -0.200. The maximum absolute atomic E-state index is 11.7. The van der Waals surface area contributed by atoms with Gasteiger partial charge in [0, 0.05) is 12.1 Å². The van der Waals surface area contributed by atoms with Crippen LogP contribution in [-0.4, -0.2) is 37.0 Å². The number of nitrogens with one attached hydrogen (secondary N) is 1. The molecule has 0 atom stereocenters. The third-order valence-corrected chi connectivity index (χ3v) is 3.39. The summed E-state index contributed by atoms with van der Waals surface area (Å²) in [5.41, 5.74) is 0.272. The average molecular weight is 300 g/mol. The van der Waals surface area contributed by atoms with Crippen LogP contribution < -0.4 is 5.32 Å². The molecule has 1 aromatic carbocycles. The second-order valence-corrected chi connectivity index (χ2v) is 4.96. The Hall–Kier alpha value is -1.80. The zero-order valence-corrected chi connectivity index (χ0v) is 11.4. The van der Waals surface area contributed by atoms with Gasteiger partial charge in [0.15, 0.2) is 0 Å². The van der Waals surface area contributed by atoms with Crippen LogP contribution in [0, 0.1) is 0 Å². The molecule has 0 spiro atoms. The summed E-state index contributed by atoms with van der Waals surface area (Å²) in [5, 5.41) is 23.9. The molecule has 100 valence electrons. The van der Waals surface area contributed by atoms with Gasteiger partial charge < -0.3 is 10.4 Å². The van der Waals surface area contributed by atoms with Gasteiger partial charge in [0.2, 0.25) is 11.1 Å². The first kappa shape index (κ1) is 13.6. The molecule has 9 heteroatoms. The minimum atomic E-state index is -0.287. The second kappa shape index (κ2) is 5.89. The summed E-state index contributed by atoms with van der Waals surface area (Å²) in [7, 11) is 1.68. The van der Waals surface area contributed by atoms with Crippen molar-refractivity contribution in [1.82, 2.24) is 20.2 Å². The minimum Gasteiger partial charge on any atom is -0.506 e. The molecule has 0 bridgehead atoms. The second-order valence-electron chi connectivity index (χ2n) is 3.58. The van der Waals surface area contributed by atoms with E-state index in [1.165, 1.54) is 34.6 Å². The van der Waals surface area contributed by atoms with E-state index in [9.17, 15) is 9.90 Å². The molecule has 0 aliphatic heterocycles. The highest BCUT2D eigenvalue weighted by molar-refractivity contribution is 7.99. The SMILES string of the molecule is Cn1nnnc1SCC(=O)Nc1cc(Cl)ccc1O. The lowest BCUT2D eigenvalue weighted by atomic mass is 10.3. The van der Waals surface area contributed by atoms with Gasteiger partial charge >= 0.3 is 0 Å². The van der Waals surface area contributed by atoms with Gasteiger partial charge in [-0.25, -0.2) is 4.68 Å². The largest absolute Gasteiger partial charge is 0.506 e. The Kier molecular flexibility index (Phi) is 4.23. The van der Waals surface area contributed by atoms with E-state index in [-0.39, 0.29) is 23.1 Å². The van der Waals surface area contributed by atoms with Crippen molar-refractivity contribution < 1.29 is 9.90 Å². The maximum atomic E-state index is 11.7. The monoisotopic (exact) mass is 299 g/mol. The summed E-state index contributed by atoms with van der Waals surface area (Å²) in [4.78, 5) is 11.7. The fraction of sp³-hybridized carbons (Fsp3) is 0.200. The Morgan fingerprint density at radius 1 is 1.58 bits per heavy atom. The number of hydrogen-bond donors (Lipinski definition) is 2. The molecule has 19 heavy (non-hydrogen) atoms. The van der Waals surface area contributed by atoms with Crippen LogP contribution in [0.25, 0.3) is 0 Å². The Morgan fingerprint density at radius 2 is 2.37 bits per heavy atom. The topological polar surface area (TPSA) is 92.9 Å². The number of benzene rings is 1. The summed E-state index contributed by atoms with van der Waals surface area (Å²) in [6, 6.07) is 4.42. The molecule has 0 aliphatic rings. The summed E-state index contributed by atoms with van der Waals surface area (Å²) in [6.07, 6.45) is 0. The number of rotatable bonds is 4. The van der Waals surface area contributed by atoms with E-state index in [4.69, 9.17) is 11.6 Å². The number of phenols is 1. The van der Waals surface area contributed by atoms with Crippen LogP contribution in [0.2, 0.25) is 5.02 Å². The van der Waals surface area contributed by atoms with Gasteiger partial charge in [0.05, 0.1) is 11.4 Å². The van der Waals surface area contributed by atoms with Crippen LogP contribution in [0.5, 0.6) is 5.75 Å². The first-order valence-corrected chi connectivity index (χ1v) is 6.56. The molecule has 0 aliphatic carbocycles. The third-order valence-electron chi connectivity index (χ3n) is 2.15. The molecule has 0 fully saturated rings. The molecule has 0 saturated carbocycles. The van der Waals surface area contributed by atoms with Gasteiger partial charge in [-0.2, -0.15) is 0 Å². The summed E-state index contributed by atoms with van der Waals surface area (Å²) >= 11 is 6.97. The number of anilines is 1. The summed E-state index contributed by atoms with van der Waals surface area (Å²) in [6.45, 7) is 0. The number of hydrogen-bond acceptors (Lipinski definition) is 6. The zero-order chi connectivity index (χ0) is 13.8. The number of aromatic hydroxyl groups is 1. The maximum Gasteiger partial charge on any atom is 0.234 e. The first-order chi connectivity index (χ1) is 9.06. The standard InChI is InChI=1S/C10H10ClN5O2S/c1-16-10(13-14-15-16)19-5-9(18)12-7-4-6(11)2-3-8(7)17/h2-4,17H,5H2,1H3,(H,12,18). The highest BCUT2D eigenvalue weighted by Gasteiger charge is 2.10. The summed E-state index contributed by atoms with van der Waals surface area (Å²) < 4.78 is 1.47. The Balaban J connectivity index is 1.94. The number of thioether (sulfide) groups is 1. The van der Waals surface area contributed by atoms with Crippen LogP contribution in [0.3, 0.4) is 0 Å². The molecule has 0 saturated heterocycles. The molecule has 7 nitrogen and oxygen atoms in total. The lowest BCUT2D eigenvalue weighted by Gasteiger charge is -2.07. The van der Waals surface area contributed by atoms with Gasteiger partial charge in [-0.1, -0.05) is 23.4 Å². The molecule has 1 aromatic heterocycles. The van der Waals surface area contributed by atoms with Crippen LogP contribution in [0.15, 0.2) is 23.4 Å². The number of halogens is 1. The number of aryl methyl sites for hydroxylation is 1. The van der Waals surface area contributed by atoms with E-state index in [0.717, 1.165) is 0 Å². The lowest BCUT2D eigenvalue weighted by molar-refractivity contribution is -0.113. The van der Waals surface area contributed by atoms with E-state index < -0.39 is 0 Å². The van der Waals surface area contributed by atoms with Crippen molar-refractivity contribution in [2.24, 2.45) is 7.05 Å². The van der Waals surface area contributed by atoms with Crippen molar-refractivity contribution in [1.29, 1.82) is 0 Å². The Bertz CT molecular complexity index is 603. The van der Waals surface area contributed by atoms with Crippen LogP contribution in [-0.2, 0) is 11.8 Å². The predicted molar refractivity (Wildman–Crippen MR) is 71.3 cm³/mol. The first-order valence-electron chi connectivity index (χ1n) is 5.20. The van der Waals surface area contributed by atoms with Gasteiger partial charge in [-0.05, 0) is 28.6 Å². The smallest absolute Gasteiger partial charge is 0.234 e.